The summed E-state index contributed by atoms with van der Waals surface area (Å²) in [5.41, 5.74) is -1.80. The molecule has 0 aliphatic heterocycles. The Kier molecular flexibility index (Phi) is 6.99. The summed E-state index contributed by atoms with van der Waals surface area (Å²) in [5, 5.41) is 17.5. The summed E-state index contributed by atoms with van der Waals surface area (Å²) >= 11 is 6.22. The molecular formula is C18H21ClF3N5O3. The van der Waals surface area contributed by atoms with Gasteiger partial charge < -0.3 is 25.8 Å². The molecule has 1 aromatic carbocycles. The predicted octanol–water partition coefficient (Wildman–Crippen LogP) is 3.44. The topological polar surface area (TPSA) is 108 Å². The average molecular weight is 448 g/mol. The Balaban J connectivity index is 2.32. The molecule has 0 fully saturated rings. The van der Waals surface area contributed by atoms with Crippen molar-refractivity contribution in [2.75, 3.05) is 31.3 Å². The molecule has 2 rings (SSSR count). The van der Waals surface area contributed by atoms with E-state index in [4.69, 9.17) is 16.3 Å². The second kappa shape index (κ2) is 8.92. The summed E-state index contributed by atoms with van der Waals surface area (Å²) in [7, 11) is 2.64. The Hall–Kier alpha value is -2.79. The summed E-state index contributed by atoms with van der Waals surface area (Å²) in [6.07, 6.45) is -3.97. The summed E-state index contributed by atoms with van der Waals surface area (Å²) in [4.78, 5) is 19.9. The number of carbonyl (C=O) groups is 1. The first-order valence-corrected chi connectivity index (χ1v) is 9.00. The molecule has 8 nitrogen and oxygen atoms in total. The quantitative estimate of drug-likeness (QED) is 0.515. The van der Waals surface area contributed by atoms with E-state index in [1.807, 2.05) is 0 Å². The molecule has 4 N–H and O–H groups in total. The molecule has 0 spiro atoms. The molecule has 1 amide bonds. The number of aromatic nitrogens is 2. The van der Waals surface area contributed by atoms with E-state index in [2.05, 4.69) is 25.9 Å². The fourth-order valence-electron chi connectivity index (χ4n) is 2.35. The highest BCUT2D eigenvalue weighted by Crippen LogP contribution is 2.35. The Morgan fingerprint density at radius 1 is 1.30 bits per heavy atom. The van der Waals surface area contributed by atoms with Gasteiger partial charge in [-0.3, -0.25) is 4.79 Å². The molecule has 0 radical (unpaired) electrons. The van der Waals surface area contributed by atoms with Crippen LogP contribution in [0.15, 0.2) is 18.3 Å². The van der Waals surface area contributed by atoms with Gasteiger partial charge in [-0.15, -0.1) is 0 Å². The monoisotopic (exact) mass is 447 g/mol. The van der Waals surface area contributed by atoms with Gasteiger partial charge in [0, 0.05) is 25.9 Å². The standard InChI is InChI=1S/C18H21ClF3N5O3/c1-17(2,29)8-25-15(28)9-5-11(19)12(6-13(9)30-4)26-16-24-7-10(18(20,21)22)14(23-3)27-16/h5-7,29H,8H2,1-4H3,(H,25,28)(H2,23,24,26,27). The number of nitrogens with one attached hydrogen (secondary N) is 3. The molecule has 0 atom stereocenters. The number of hydrogen-bond acceptors (Lipinski definition) is 7. The van der Waals surface area contributed by atoms with Gasteiger partial charge in [0.25, 0.3) is 5.91 Å². The van der Waals surface area contributed by atoms with Gasteiger partial charge in [0.05, 0.1) is 29.0 Å². The second-order valence-electron chi connectivity index (χ2n) is 6.86. The Labute approximate surface area is 175 Å². The number of hydrogen-bond donors (Lipinski definition) is 4. The molecule has 1 aromatic heterocycles. The minimum absolute atomic E-state index is 0.00119. The van der Waals surface area contributed by atoms with Crippen molar-refractivity contribution < 1.29 is 27.8 Å². The van der Waals surface area contributed by atoms with Crippen molar-refractivity contribution in [2.24, 2.45) is 0 Å². The van der Waals surface area contributed by atoms with Crippen LogP contribution in [0.5, 0.6) is 5.75 Å². The summed E-state index contributed by atoms with van der Waals surface area (Å²) < 4.78 is 44.2. The summed E-state index contributed by atoms with van der Waals surface area (Å²) in [6, 6.07) is 2.72. The van der Waals surface area contributed by atoms with Crippen LogP contribution in [-0.2, 0) is 6.18 Å². The van der Waals surface area contributed by atoms with Crippen molar-refractivity contribution in [3.63, 3.8) is 0 Å². The molecule has 0 saturated carbocycles. The van der Waals surface area contributed by atoms with Gasteiger partial charge in [-0.2, -0.15) is 18.2 Å². The number of ether oxygens (including phenoxy) is 1. The highest BCUT2D eigenvalue weighted by Gasteiger charge is 2.35. The van der Waals surface area contributed by atoms with Crippen molar-refractivity contribution in [1.82, 2.24) is 15.3 Å². The maximum Gasteiger partial charge on any atom is 0.421 e. The molecule has 2 aromatic rings. The van der Waals surface area contributed by atoms with E-state index in [9.17, 15) is 23.1 Å². The third-order valence-corrected chi connectivity index (χ3v) is 4.11. The van der Waals surface area contributed by atoms with Crippen molar-refractivity contribution in [3.8, 4) is 5.75 Å². The van der Waals surface area contributed by atoms with Gasteiger partial charge in [-0.25, -0.2) is 4.98 Å². The van der Waals surface area contributed by atoms with Gasteiger partial charge in [-0.05, 0) is 19.9 Å². The molecule has 0 aliphatic rings. The highest BCUT2D eigenvalue weighted by molar-refractivity contribution is 6.33. The third-order valence-electron chi connectivity index (χ3n) is 3.79. The lowest BCUT2D eigenvalue weighted by molar-refractivity contribution is -0.137. The van der Waals surface area contributed by atoms with Crippen molar-refractivity contribution >= 4 is 35.0 Å². The van der Waals surface area contributed by atoms with Crippen molar-refractivity contribution in [1.29, 1.82) is 0 Å². The molecule has 0 aliphatic carbocycles. The second-order valence-corrected chi connectivity index (χ2v) is 7.26. The van der Waals surface area contributed by atoms with Crippen LogP contribution in [0.1, 0.15) is 29.8 Å². The number of carbonyl (C=O) groups excluding carboxylic acids is 1. The third kappa shape index (κ3) is 5.86. The van der Waals surface area contributed by atoms with Crippen LogP contribution in [0.4, 0.5) is 30.6 Å². The number of methoxy groups -OCH3 is 1. The molecule has 12 heteroatoms. The van der Waals surface area contributed by atoms with E-state index in [0.717, 1.165) is 0 Å². The first kappa shape index (κ1) is 23.5. The van der Waals surface area contributed by atoms with Gasteiger partial charge in [0.2, 0.25) is 5.95 Å². The smallest absolute Gasteiger partial charge is 0.421 e. The number of alkyl halides is 3. The summed E-state index contributed by atoms with van der Waals surface area (Å²) in [5.74, 6) is -0.928. The van der Waals surface area contributed by atoms with Gasteiger partial charge in [0.1, 0.15) is 17.1 Å². The normalized spacial score (nSPS) is 11.8. The lowest BCUT2D eigenvalue weighted by Gasteiger charge is -2.19. The molecule has 164 valence electrons. The first-order chi connectivity index (χ1) is 13.9. The van der Waals surface area contributed by atoms with E-state index in [1.54, 1.807) is 0 Å². The molecule has 0 unspecified atom stereocenters. The fraction of sp³-hybridized carbons (Fsp3) is 0.389. The number of halogens is 4. The number of aliphatic hydroxyl groups is 1. The van der Waals surface area contributed by atoms with Crippen LogP contribution in [0.2, 0.25) is 5.02 Å². The number of anilines is 3. The van der Waals surface area contributed by atoms with Crippen LogP contribution in [0.25, 0.3) is 0 Å². The van der Waals surface area contributed by atoms with E-state index in [0.29, 0.717) is 6.20 Å². The van der Waals surface area contributed by atoms with Crippen molar-refractivity contribution in [3.05, 3.63) is 34.5 Å². The van der Waals surface area contributed by atoms with Crippen LogP contribution in [0, 0.1) is 0 Å². The zero-order valence-electron chi connectivity index (χ0n) is 16.6. The molecule has 30 heavy (non-hydrogen) atoms. The minimum Gasteiger partial charge on any atom is -0.496 e. The zero-order chi connectivity index (χ0) is 22.7. The van der Waals surface area contributed by atoms with Crippen LogP contribution < -0.4 is 20.7 Å². The largest absolute Gasteiger partial charge is 0.496 e. The number of benzene rings is 1. The lowest BCUT2D eigenvalue weighted by Crippen LogP contribution is -2.38. The van der Waals surface area contributed by atoms with E-state index in [-0.39, 0.29) is 34.5 Å². The predicted molar refractivity (Wildman–Crippen MR) is 106 cm³/mol. The zero-order valence-corrected chi connectivity index (χ0v) is 17.4. The van der Waals surface area contributed by atoms with E-state index in [1.165, 1.54) is 40.1 Å². The molecule has 0 saturated heterocycles. The maximum absolute atomic E-state index is 13.0. The fourth-order valence-corrected chi connectivity index (χ4v) is 2.56. The SMILES string of the molecule is CNc1nc(Nc2cc(OC)c(C(=O)NCC(C)(C)O)cc2Cl)ncc1C(F)(F)F. The number of amides is 1. The van der Waals surface area contributed by atoms with Gasteiger partial charge >= 0.3 is 6.18 Å². The first-order valence-electron chi connectivity index (χ1n) is 8.63. The van der Waals surface area contributed by atoms with E-state index < -0.39 is 29.1 Å². The number of nitrogens with zero attached hydrogens (tertiary/aromatic N) is 2. The molecular weight excluding hydrogens is 427 g/mol. The number of rotatable bonds is 7. The van der Waals surface area contributed by atoms with E-state index >= 15 is 0 Å². The Bertz CT molecular complexity index is 933. The minimum atomic E-state index is -4.62. The Morgan fingerprint density at radius 3 is 2.50 bits per heavy atom. The van der Waals surface area contributed by atoms with Crippen LogP contribution in [0.3, 0.4) is 0 Å². The van der Waals surface area contributed by atoms with Gasteiger partial charge in [0.15, 0.2) is 0 Å². The van der Waals surface area contributed by atoms with Crippen LogP contribution in [-0.4, -0.2) is 47.3 Å². The summed E-state index contributed by atoms with van der Waals surface area (Å²) in [6.45, 7) is 3.07. The Morgan fingerprint density at radius 2 is 1.97 bits per heavy atom. The lowest BCUT2D eigenvalue weighted by atomic mass is 10.1. The molecule has 1 heterocycles. The van der Waals surface area contributed by atoms with Crippen LogP contribution >= 0.6 is 11.6 Å². The average Bonchev–Trinajstić information content (AvgIpc) is 2.65. The maximum atomic E-state index is 13.0. The van der Waals surface area contributed by atoms with Crippen molar-refractivity contribution in [2.45, 2.75) is 25.6 Å². The van der Waals surface area contributed by atoms with Gasteiger partial charge in [-0.1, -0.05) is 11.6 Å². The highest BCUT2D eigenvalue weighted by atomic mass is 35.5. The molecule has 0 bridgehead atoms.